The number of hydrogen-bond donors (Lipinski definition) is 0. The smallest absolute Gasteiger partial charge is 0.305 e. The van der Waals surface area contributed by atoms with E-state index in [1.807, 2.05) is 19.1 Å². The van der Waals surface area contributed by atoms with E-state index in [4.69, 9.17) is 9.47 Å². The van der Waals surface area contributed by atoms with Crippen LogP contribution in [0.4, 0.5) is 0 Å². The van der Waals surface area contributed by atoms with Crippen molar-refractivity contribution in [2.24, 2.45) is 0 Å². The van der Waals surface area contributed by atoms with Crippen LogP contribution in [0.5, 0.6) is 5.75 Å². The zero-order valence-corrected chi connectivity index (χ0v) is 13.0. The van der Waals surface area contributed by atoms with Gasteiger partial charge in [0.25, 0.3) is 0 Å². The molecule has 0 radical (unpaired) electrons. The number of nitrogens with zero attached hydrogens (tertiary/aromatic N) is 1. The number of carbonyl (C=O) groups excluding carboxylic acids is 1. The first-order valence-electron chi connectivity index (χ1n) is 7.81. The van der Waals surface area contributed by atoms with Crippen LogP contribution in [0.2, 0.25) is 0 Å². The SMILES string of the molecule is CCOC(=O)CCCCN1Cc2ccccc2OC(C)C1. The van der Waals surface area contributed by atoms with Gasteiger partial charge in [-0.1, -0.05) is 18.2 Å². The largest absolute Gasteiger partial charge is 0.489 e. The molecule has 0 aromatic heterocycles. The van der Waals surface area contributed by atoms with E-state index in [2.05, 4.69) is 24.0 Å². The fourth-order valence-electron chi connectivity index (χ4n) is 2.68. The lowest BCUT2D eigenvalue weighted by Gasteiger charge is -2.21. The summed E-state index contributed by atoms with van der Waals surface area (Å²) in [5.74, 6) is 0.912. The van der Waals surface area contributed by atoms with Gasteiger partial charge in [-0.3, -0.25) is 9.69 Å². The lowest BCUT2D eigenvalue weighted by Crippen LogP contribution is -2.31. The van der Waals surface area contributed by atoms with Crippen LogP contribution in [0.1, 0.15) is 38.7 Å². The van der Waals surface area contributed by atoms with Crippen molar-refractivity contribution < 1.29 is 14.3 Å². The maximum absolute atomic E-state index is 11.3. The Hall–Kier alpha value is -1.55. The number of para-hydroxylation sites is 1. The van der Waals surface area contributed by atoms with Gasteiger partial charge >= 0.3 is 5.97 Å². The maximum Gasteiger partial charge on any atom is 0.305 e. The Balaban J connectivity index is 1.80. The molecule has 1 aliphatic heterocycles. The summed E-state index contributed by atoms with van der Waals surface area (Å²) in [7, 11) is 0. The first-order chi connectivity index (χ1) is 10.2. The van der Waals surface area contributed by atoms with Gasteiger partial charge in [0.05, 0.1) is 6.61 Å². The standard InChI is InChI=1S/C17H25NO3/c1-3-20-17(19)10-6-7-11-18-12-14(2)21-16-9-5-4-8-15(16)13-18/h4-5,8-9,14H,3,6-7,10-13H2,1-2H3. The molecular formula is C17H25NO3. The zero-order chi connectivity index (χ0) is 15.1. The van der Waals surface area contributed by atoms with Gasteiger partial charge in [-0.15, -0.1) is 0 Å². The number of esters is 1. The Morgan fingerprint density at radius 3 is 3.00 bits per heavy atom. The molecule has 0 fully saturated rings. The minimum atomic E-state index is -0.0876. The Bertz CT molecular complexity index is 461. The average molecular weight is 291 g/mol. The molecule has 0 saturated carbocycles. The van der Waals surface area contributed by atoms with Crippen molar-refractivity contribution in [2.45, 2.75) is 45.8 Å². The van der Waals surface area contributed by atoms with E-state index in [0.717, 1.165) is 38.2 Å². The van der Waals surface area contributed by atoms with Crippen molar-refractivity contribution in [2.75, 3.05) is 19.7 Å². The van der Waals surface area contributed by atoms with Crippen molar-refractivity contribution in [3.05, 3.63) is 29.8 Å². The second kappa shape index (κ2) is 8.03. The van der Waals surface area contributed by atoms with E-state index >= 15 is 0 Å². The van der Waals surface area contributed by atoms with Gasteiger partial charge in [0.2, 0.25) is 0 Å². The molecule has 0 amide bonds. The Labute approximate surface area is 127 Å². The van der Waals surface area contributed by atoms with E-state index in [1.165, 1.54) is 5.56 Å². The monoisotopic (exact) mass is 291 g/mol. The summed E-state index contributed by atoms with van der Waals surface area (Å²) >= 11 is 0. The van der Waals surface area contributed by atoms with Gasteiger partial charge in [-0.2, -0.15) is 0 Å². The summed E-state index contributed by atoms with van der Waals surface area (Å²) in [6.07, 6.45) is 2.60. The lowest BCUT2D eigenvalue weighted by atomic mass is 10.1. The minimum absolute atomic E-state index is 0.0876. The number of carbonyl (C=O) groups is 1. The highest BCUT2D eigenvalue weighted by Gasteiger charge is 2.19. The van der Waals surface area contributed by atoms with Gasteiger partial charge in [0.1, 0.15) is 11.9 Å². The molecule has 0 aliphatic carbocycles. The van der Waals surface area contributed by atoms with Crippen LogP contribution in [0, 0.1) is 0 Å². The van der Waals surface area contributed by atoms with E-state index in [0.29, 0.717) is 13.0 Å². The number of benzene rings is 1. The van der Waals surface area contributed by atoms with Crippen LogP contribution in [-0.4, -0.2) is 36.7 Å². The van der Waals surface area contributed by atoms with Gasteiger partial charge in [0, 0.05) is 25.1 Å². The Kier molecular flexibility index (Phi) is 6.05. The van der Waals surface area contributed by atoms with E-state index in [-0.39, 0.29) is 12.1 Å². The summed E-state index contributed by atoms with van der Waals surface area (Å²) in [5.41, 5.74) is 1.24. The fourth-order valence-corrected chi connectivity index (χ4v) is 2.68. The van der Waals surface area contributed by atoms with Crippen LogP contribution in [0.15, 0.2) is 24.3 Å². The first kappa shape index (κ1) is 15.8. The van der Waals surface area contributed by atoms with Crippen LogP contribution in [-0.2, 0) is 16.1 Å². The molecule has 21 heavy (non-hydrogen) atoms. The molecular weight excluding hydrogens is 266 g/mol. The fraction of sp³-hybridized carbons (Fsp3) is 0.588. The molecule has 1 aromatic rings. The Morgan fingerprint density at radius 2 is 2.19 bits per heavy atom. The summed E-state index contributed by atoms with van der Waals surface area (Å²) in [4.78, 5) is 13.7. The number of fused-ring (bicyclic) bond motifs is 1. The highest BCUT2D eigenvalue weighted by atomic mass is 16.5. The van der Waals surface area contributed by atoms with Gasteiger partial charge in [-0.05, 0) is 39.3 Å². The van der Waals surface area contributed by atoms with Crippen LogP contribution in [0.3, 0.4) is 0 Å². The zero-order valence-electron chi connectivity index (χ0n) is 13.0. The van der Waals surface area contributed by atoms with Crippen molar-refractivity contribution in [3.8, 4) is 5.75 Å². The normalized spacial score (nSPS) is 18.5. The minimum Gasteiger partial charge on any atom is -0.489 e. The molecule has 0 saturated heterocycles. The maximum atomic E-state index is 11.3. The number of ether oxygens (including phenoxy) is 2. The molecule has 1 aromatic carbocycles. The van der Waals surface area contributed by atoms with E-state index in [9.17, 15) is 4.79 Å². The van der Waals surface area contributed by atoms with Crippen molar-refractivity contribution in [3.63, 3.8) is 0 Å². The third kappa shape index (κ3) is 5.05. The molecule has 116 valence electrons. The second-order valence-electron chi connectivity index (χ2n) is 5.53. The molecule has 2 rings (SSSR count). The van der Waals surface area contributed by atoms with Crippen LogP contribution < -0.4 is 4.74 Å². The predicted octanol–water partition coefficient (Wildman–Crippen LogP) is 3.00. The summed E-state index contributed by atoms with van der Waals surface area (Å²) in [5, 5.41) is 0. The summed E-state index contributed by atoms with van der Waals surface area (Å²) in [6, 6.07) is 8.23. The van der Waals surface area contributed by atoms with Crippen molar-refractivity contribution in [1.82, 2.24) is 4.90 Å². The molecule has 0 spiro atoms. The molecule has 1 heterocycles. The topological polar surface area (TPSA) is 38.8 Å². The van der Waals surface area contributed by atoms with Crippen LogP contribution in [0.25, 0.3) is 0 Å². The van der Waals surface area contributed by atoms with Gasteiger partial charge < -0.3 is 9.47 Å². The molecule has 4 nitrogen and oxygen atoms in total. The Morgan fingerprint density at radius 1 is 1.38 bits per heavy atom. The summed E-state index contributed by atoms with van der Waals surface area (Å²) < 4.78 is 10.9. The van der Waals surface area contributed by atoms with E-state index in [1.54, 1.807) is 0 Å². The summed E-state index contributed by atoms with van der Waals surface area (Å²) in [6.45, 7) is 7.24. The molecule has 1 unspecified atom stereocenters. The molecule has 0 N–H and O–H groups in total. The third-order valence-electron chi connectivity index (χ3n) is 3.62. The number of rotatable bonds is 6. The quantitative estimate of drug-likeness (QED) is 0.596. The predicted molar refractivity (Wildman–Crippen MR) is 82.3 cm³/mol. The second-order valence-corrected chi connectivity index (χ2v) is 5.53. The average Bonchev–Trinajstić information content (AvgIpc) is 2.61. The van der Waals surface area contributed by atoms with Gasteiger partial charge in [-0.25, -0.2) is 0 Å². The molecule has 1 aliphatic rings. The number of hydrogen-bond acceptors (Lipinski definition) is 4. The molecule has 1 atom stereocenters. The van der Waals surface area contributed by atoms with Gasteiger partial charge in [0.15, 0.2) is 0 Å². The highest BCUT2D eigenvalue weighted by molar-refractivity contribution is 5.69. The van der Waals surface area contributed by atoms with Crippen molar-refractivity contribution in [1.29, 1.82) is 0 Å². The first-order valence-corrected chi connectivity index (χ1v) is 7.81. The van der Waals surface area contributed by atoms with Crippen molar-refractivity contribution >= 4 is 5.97 Å². The highest BCUT2D eigenvalue weighted by Crippen LogP contribution is 2.24. The third-order valence-corrected chi connectivity index (χ3v) is 3.62. The van der Waals surface area contributed by atoms with E-state index < -0.39 is 0 Å². The number of unbranched alkanes of at least 4 members (excludes halogenated alkanes) is 1. The van der Waals surface area contributed by atoms with Crippen LogP contribution >= 0.6 is 0 Å². The molecule has 0 bridgehead atoms. The molecule has 4 heteroatoms. The lowest BCUT2D eigenvalue weighted by molar-refractivity contribution is -0.143.